The van der Waals surface area contributed by atoms with E-state index in [1.807, 2.05) is 6.33 Å². The van der Waals surface area contributed by atoms with Crippen molar-refractivity contribution in [3.05, 3.63) is 16.6 Å². The van der Waals surface area contributed by atoms with E-state index in [9.17, 15) is 0 Å². The van der Waals surface area contributed by atoms with Crippen LogP contribution >= 0.6 is 15.9 Å². The molecular formula is C10H14BrN3. The molecule has 1 N–H and O–H groups in total. The first-order valence-corrected chi connectivity index (χ1v) is 6.08. The number of hydrogen-bond acceptors (Lipinski definition) is 2. The molecule has 1 saturated carbocycles. The van der Waals surface area contributed by atoms with Gasteiger partial charge in [0.2, 0.25) is 0 Å². The van der Waals surface area contributed by atoms with Crippen LogP contribution < -0.4 is 5.32 Å². The first-order valence-electron chi connectivity index (χ1n) is 5.28. The smallest absolute Gasteiger partial charge is 0.127 e. The van der Waals surface area contributed by atoms with Crippen LogP contribution in [0.4, 0.5) is 0 Å². The first kappa shape index (κ1) is 8.92. The molecule has 2 heterocycles. The Morgan fingerprint density at radius 2 is 2.21 bits per heavy atom. The lowest BCUT2D eigenvalue weighted by Gasteiger charge is -2.25. The molecule has 1 aromatic heterocycles. The zero-order chi connectivity index (χ0) is 9.54. The molecule has 1 aliphatic carbocycles. The summed E-state index contributed by atoms with van der Waals surface area (Å²) >= 11 is 3.48. The Morgan fingerprint density at radius 3 is 3.00 bits per heavy atom. The number of halogens is 1. The molecule has 0 saturated heterocycles. The molecule has 0 aromatic carbocycles. The van der Waals surface area contributed by atoms with Crippen LogP contribution in [0.25, 0.3) is 0 Å². The average Bonchev–Trinajstić information content (AvgIpc) is 2.92. The minimum absolute atomic E-state index is 0.663. The van der Waals surface area contributed by atoms with Gasteiger partial charge in [0, 0.05) is 18.6 Å². The monoisotopic (exact) mass is 255 g/mol. The zero-order valence-electron chi connectivity index (χ0n) is 8.04. The summed E-state index contributed by atoms with van der Waals surface area (Å²) < 4.78 is 3.30. The molecule has 1 fully saturated rings. The van der Waals surface area contributed by atoms with Gasteiger partial charge in [-0.1, -0.05) is 0 Å². The number of nitrogens with zero attached hydrogens (tertiary/aromatic N) is 2. The van der Waals surface area contributed by atoms with Gasteiger partial charge in [0.05, 0.1) is 12.0 Å². The average molecular weight is 256 g/mol. The first-order chi connectivity index (χ1) is 6.83. The number of rotatable bonds is 2. The van der Waals surface area contributed by atoms with Crippen LogP contribution in [0.2, 0.25) is 0 Å². The number of imidazole rings is 1. The van der Waals surface area contributed by atoms with Crippen LogP contribution in [0, 0.1) is 0 Å². The summed E-state index contributed by atoms with van der Waals surface area (Å²) in [7, 11) is 0. The number of nitrogens with one attached hydrogen (secondary N) is 1. The van der Waals surface area contributed by atoms with Gasteiger partial charge < -0.3 is 9.88 Å². The summed E-state index contributed by atoms with van der Waals surface area (Å²) in [6, 6.07) is 1.48. The van der Waals surface area contributed by atoms with E-state index in [2.05, 4.69) is 30.8 Å². The molecule has 1 aliphatic heterocycles. The molecule has 0 amide bonds. The van der Waals surface area contributed by atoms with Gasteiger partial charge in [-0.15, -0.1) is 0 Å². The van der Waals surface area contributed by atoms with E-state index in [0.717, 1.165) is 23.6 Å². The minimum Gasteiger partial charge on any atom is -0.332 e. The quantitative estimate of drug-likeness (QED) is 0.873. The van der Waals surface area contributed by atoms with Gasteiger partial charge in [0.25, 0.3) is 0 Å². The lowest BCUT2D eigenvalue weighted by atomic mass is 10.1. The van der Waals surface area contributed by atoms with Crippen molar-refractivity contribution in [3.8, 4) is 0 Å². The molecular weight excluding hydrogens is 242 g/mol. The largest absolute Gasteiger partial charge is 0.332 e. The normalized spacial score (nSPS) is 26.2. The summed E-state index contributed by atoms with van der Waals surface area (Å²) in [6.45, 7) is 1.09. The number of hydrogen-bond donors (Lipinski definition) is 1. The van der Waals surface area contributed by atoms with Gasteiger partial charge >= 0.3 is 0 Å². The van der Waals surface area contributed by atoms with Gasteiger partial charge in [-0.2, -0.15) is 0 Å². The van der Waals surface area contributed by atoms with Crippen LogP contribution in [0.15, 0.2) is 10.9 Å². The van der Waals surface area contributed by atoms with Crippen LogP contribution in [-0.4, -0.2) is 21.6 Å². The van der Waals surface area contributed by atoms with Gasteiger partial charge in [-0.05, 0) is 41.6 Å². The Kier molecular flexibility index (Phi) is 2.13. The van der Waals surface area contributed by atoms with Crippen molar-refractivity contribution >= 4 is 15.9 Å². The van der Waals surface area contributed by atoms with E-state index in [1.165, 1.54) is 25.0 Å². The van der Waals surface area contributed by atoms with E-state index in [0.29, 0.717) is 6.04 Å². The third-order valence-electron chi connectivity index (χ3n) is 3.09. The Morgan fingerprint density at radius 1 is 1.36 bits per heavy atom. The predicted octanol–water partition coefficient (Wildman–Crippen LogP) is 1.71. The zero-order valence-corrected chi connectivity index (χ0v) is 9.63. The molecule has 0 radical (unpaired) electrons. The van der Waals surface area contributed by atoms with Crippen molar-refractivity contribution in [2.45, 2.75) is 44.3 Å². The maximum Gasteiger partial charge on any atom is 0.127 e. The predicted molar refractivity (Wildman–Crippen MR) is 58.2 cm³/mol. The highest BCUT2D eigenvalue weighted by Crippen LogP contribution is 2.25. The van der Waals surface area contributed by atoms with E-state index >= 15 is 0 Å². The highest BCUT2D eigenvalue weighted by atomic mass is 79.9. The van der Waals surface area contributed by atoms with Crippen molar-refractivity contribution < 1.29 is 0 Å². The molecule has 14 heavy (non-hydrogen) atoms. The fraction of sp³-hybridized carbons (Fsp3) is 0.700. The molecule has 1 atom stereocenters. The maximum absolute atomic E-state index is 4.28. The van der Waals surface area contributed by atoms with Crippen LogP contribution in [0.1, 0.15) is 25.0 Å². The molecule has 0 spiro atoms. The van der Waals surface area contributed by atoms with Crippen molar-refractivity contribution in [2.24, 2.45) is 0 Å². The Bertz CT molecular complexity index is 343. The Labute approximate surface area is 92.0 Å². The number of aromatic nitrogens is 2. The van der Waals surface area contributed by atoms with Crippen molar-refractivity contribution in [3.63, 3.8) is 0 Å². The minimum atomic E-state index is 0.663. The van der Waals surface area contributed by atoms with Crippen LogP contribution in [0.3, 0.4) is 0 Å². The molecule has 3 nitrogen and oxygen atoms in total. The second-order valence-corrected chi connectivity index (χ2v) is 5.06. The highest BCUT2D eigenvalue weighted by molar-refractivity contribution is 9.10. The molecule has 1 unspecified atom stereocenters. The molecule has 4 heteroatoms. The second kappa shape index (κ2) is 3.35. The summed E-state index contributed by atoms with van der Waals surface area (Å²) in [4.78, 5) is 4.28. The third-order valence-corrected chi connectivity index (χ3v) is 3.75. The maximum atomic E-state index is 4.28. The van der Waals surface area contributed by atoms with E-state index in [-0.39, 0.29) is 0 Å². The number of fused-ring (bicyclic) bond motifs is 1. The van der Waals surface area contributed by atoms with Crippen molar-refractivity contribution in [2.75, 3.05) is 0 Å². The Hall–Kier alpha value is -0.350. The van der Waals surface area contributed by atoms with E-state index in [1.54, 1.807) is 0 Å². The van der Waals surface area contributed by atoms with E-state index < -0.39 is 0 Å². The second-order valence-electron chi connectivity index (χ2n) is 4.31. The van der Waals surface area contributed by atoms with Gasteiger partial charge in [0.1, 0.15) is 4.60 Å². The van der Waals surface area contributed by atoms with Gasteiger partial charge in [-0.3, -0.25) is 0 Å². The fourth-order valence-corrected chi connectivity index (χ4v) is 2.66. The SMILES string of the molecule is Brc1ncn2c1CCC(NC1CC1)C2. The standard InChI is InChI=1S/C10H14BrN3/c11-10-9-4-3-8(13-7-1-2-7)5-14(9)6-12-10/h6-8,13H,1-5H2. The lowest BCUT2D eigenvalue weighted by molar-refractivity contribution is 0.381. The van der Waals surface area contributed by atoms with Crippen LogP contribution in [0.5, 0.6) is 0 Å². The molecule has 76 valence electrons. The summed E-state index contributed by atoms with van der Waals surface area (Å²) in [6.07, 6.45) is 7.08. The molecule has 1 aromatic rings. The lowest BCUT2D eigenvalue weighted by Crippen LogP contribution is -2.38. The van der Waals surface area contributed by atoms with Gasteiger partial charge in [0.15, 0.2) is 0 Å². The fourth-order valence-electron chi connectivity index (χ4n) is 2.15. The topological polar surface area (TPSA) is 29.9 Å². The summed E-state index contributed by atoms with van der Waals surface area (Å²) in [5, 5.41) is 3.68. The summed E-state index contributed by atoms with van der Waals surface area (Å²) in [5.74, 6) is 0. The van der Waals surface area contributed by atoms with Crippen LogP contribution in [-0.2, 0) is 13.0 Å². The Balaban J connectivity index is 1.72. The van der Waals surface area contributed by atoms with Gasteiger partial charge in [-0.25, -0.2) is 4.98 Å². The van der Waals surface area contributed by atoms with Crippen molar-refractivity contribution in [1.29, 1.82) is 0 Å². The highest BCUT2D eigenvalue weighted by Gasteiger charge is 2.27. The molecule has 2 aliphatic rings. The molecule has 3 rings (SSSR count). The third kappa shape index (κ3) is 1.61. The summed E-state index contributed by atoms with van der Waals surface area (Å²) in [5.41, 5.74) is 1.36. The van der Waals surface area contributed by atoms with Crippen molar-refractivity contribution in [1.82, 2.24) is 14.9 Å². The van der Waals surface area contributed by atoms with E-state index in [4.69, 9.17) is 0 Å². The molecule has 0 bridgehead atoms.